The molecule has 0 radical (unpaired) electrons. The number of hydrogen-bond donors (Lipinski definition) is 2. The predicted octanol–water partition coefficient (Wildman–Crippen LogP) is 1.95. The third-order valence-electron chi connectivity index (χ3n) is 3.50. The number of aromatic amines is 1. The fraction of sp³-hybridized carbons (Fsp3) is 0.188. The molecule has 118 valence electrons. The number of ether oxygens (including phenoxy) is 1. The summed E-state index contributed by atoms with van der Waals surface area (Å²) in [6.45, 7) is 0. The summed E-state index contributed by atoms with van der Waals surface area (Å²) in [5.41, 5.74) is 1.51. The smallest absolute Gasteiger partial charge is 0.260 e. The van der Waals surface area contributed by atoms with Crippen molar-refractivity contribution in [1.29, 1.82) is 0 Å². The third kappa shape index (κ3) is 2.95. The summed E-state index contributed by atoms with van der Waals surface area (Å²) in [5.74, 6) is 0.928. The van der Waals surface area contributed by atoms with Crippen molar-refractivity contribution >= 4 is 27.5 Å². The minimum atomic E-state index is -0.235. The number of methoxy groups -OCH3 is 1. The zero-order valence-corrected chi connectivity index (χ0v) is 13.5. The third-order valence-corrected chi connectivity index (χ3v) is 4.37. The first-order valence-electron chi connectivity index (χ1n) is 6.97. The van der Waals surface area contributed by atoms with Gasteiger partial charge in [-0.2, -0.15) is 0 Å². The Bertz CT molecular complexity index is 912. The van der Waals surface area contributed by atoms with Crippen LogP contribution in [0.1, 0.15) is 5.82 Å². The summed E-state index contributed by atoms with van der Waals surface area (Å²) in [7, 11) is 3.16. The number of aromatic nitrogens is 2. The Balaban J connectivity index is 2.06. The number of benzene rings is 1. The largest absolute Gasteiger partial charge is 0.497 e. The van der Waals surface area contributed by atoms with E-state index >= 15 is 0 Å². The van der Waals surface area contributed by atoms with Gasteiger partial charge in [-0.15, -0.1) is 11.3 Å². The average Bonchev–Trinajstić information content (AvgIpc) is 2.99. The molecule has 0 aliphatic heterocycles. The zero-order chi connectivity index (χ0) is 16.4. The normalized spacial score (nSPS) is 10.7. The number of hydrogen-bond acceptors (Lipinski definition) is 5. The van der Waals surface area contributed by atoms with E-state index in [1.807, 2.05) is 29.6 Å². The summed E-state index contributed by atoms with van der Waals surface area (Å²) in [5, 5.41) is 4.96. The number of nitrogens with zero attached hydrogens (tertiary/aromatic N) is 1. The highest BCUT2D eigenvalue weighted by Crippen LogP contribution is 2.31. The molecule has 0 aliphatic carbocycles. The second-order valence-electron chi connectivity index (χ2n) is 4.92. The van der Waals surface area contributed by atoms with Crippen molar-refractivity contribution in [2.24, 2.45) is 0 Å². The minimum absolute atomic E-state index is 0.0530. The van der Waals surface area contributed by atoms with E-state index in [9.17, 15) is 9.59 Å². The molecule has 0 fully saturated rings. The van der Waals surface area contributed by atoms with Crippen molar-refractivity contribution in [2.45, 2.75) is 6.42 Å². The molecule has 6 nitrogen and oxygen atoms in total. The Morgan fingerprint density at radius 1 is 1.35 bits per heavy atom. The molecule has 7 heteroatoms. The van der Waals surface area contributed by atoms with Crippen LogP contribution in [0.15, 0.2) is 34.4 Å². The summed E-state index contributed by atoms with van der Waals surface area (Å²) < 4.78 is 5.15. The maximum atomic E-state index is 12.4. The lowest BCUT2D eigenvalue weighted by atomic mass is 10.1. The van der Waals surface area contributed by atoms with E-state index < -0.39 is 0 Å². The van der Waals surface area contributed by atoms with Crippen LogP contribution in [0.5, 0.6) is 5.75 Å². The second-order valence-corrected chi connectivity index (χ2v) is 5.78. The second kappa shape index (κ2) is 6.21. The lowest BCUT2D eigenvalue weighted by molar-refractivity contribution is -0.120. The van der Waals surface area contributed by atoms with Crippen LogP contribution in [-0.4, -0.2) is 30.0 Å². The predicted molar refractivity (Wildman–Crippen MR) is 90.0 cm³/mol. The molecule has 0 saturated carbocycles. The maximum absolute atomic E-state index is 12.4. The van der Waals surface area contributed by atoms with Gasteiger partial charge in [0.1, 0.15) is 16.4 Å². The Morgan fingerprint density at radius 3 is 2.74 bits per heavy atom. The fourth-order valence-electron chi connectivity index (χ4n) is 2.30. The van der Waals surface area contributed by atoms with Crippen molar-refractivity contribution in [3.05, 3.63) is 45.8 Å². The van der Waals surface area contributed by atoms with Crippen LogP contribution in [0.3, 0.4) is 0 Å². The summed E-state index contributed by atoms with van der Waals surface area (Å²) in [6.07, 6.45) is 0.0530. The van der Waals surface area contributed by atoms with E-state index in [2.05, 4.69) is 15.3 Å². The van der Waals surface area contributed by atoms with E-state index in [1.54, 1.807) is 14.2 Å². The first-order chi connectivity index (χ1) is 11.1. The highest BCUT2D eigenvalue weighted by molar-refractivity contribution is 7.17. The summed E-state index contributed by atoms with van der Waals surface area (Å²) >= 11 is 1.39. The molecular formula is C16H15N3O3S. The summed E-state index contributed by atoms with van der Waals surface area (Å²) in [6, 6.07) is 7.50. The number of fused-ring (bicyclic) bond motifs is 1. The number of likely N-dealkylation sites (N-methyl/N-ethyl adjacent to an activating group) is 1. The Morgan fingerprint density at radius 2 is 2.09 bits per heavy atom. The van der Waals surface area contributed by atoms with Crippen molar-refractivity contribution in [1.82, 2.24) is 15.3 Å². The molecule has 1 aromatic carbocycles. The highest BCUT2D eigenvalue weighted by Gasteiger charge is 2.14. The molecule has 0 atom stereocenters. The number of carbonyl (C=O) groups excluding carboxylic acids is 1. The van der Waals surface area contributed by atoms with Crippen LogP contribution >= 0.6 is 11.3 Å². The van der Waals surface area contributed by atoms with Crippen LogP contribution in [0, 0.1) is 0 Å². The lowest BCUT2D eigenvalue weighted by Crippen LogP contribution is -2.23. The zero-order valence-electron chi connectivity index (χ0n) is 12.7. The van der Waals surface area contributed by atoms with Gasteiger partial charge in [0.25, 0.3) is 5.56 Å². The molecule has 0 bridgehead atoms. The molecule has 2 aromatic heterocycles. The van der Waals surface area contributed by atoms with Gasteiger partial charge in [-0.25, -0.2) is 4.98 Å². The molecule has 0 unspecified atom stereocenters. The van der Waals surface area contributed by atoms with E-state index in [0.29, 0.717) is 16.0 Å². The molecule has 0 spiro atoms. The van der Waals surface area contributed by atoms with Gasteiger partial charge < -0.3 is 15.0 Å². The van der Waals surface area contributed by atoms with Crippen molar-refractivity contribution in [3.8, 4) is 16.9 Å². The van der Waals surface area contributed by atoms with Gasteiger partial charge in [0, 0.05) is 18.0 Å². The highest BCUT2D eigenvalue weighted by atomic mass is 32.1. The first-order valence-corrected chi connectivity index (χ1v) is 7.85. The standard InChI is InChI=1S/C16H15N3O3S/c1-17-13(20)7-12-18-15(21)14-11(8-23-16(14)19-12)9-3-5-10(22-2)6-4-9/h3-6,8H,7H2,1-2H3,(H,17,20)(H,18,19,21). The van der Waals surface area contributed by atoms with E-state index in [-0.39, 0.29) is 17.9 Å². The fourth-order valence-corrected chi connectivity index (χ4v) is 3.27. The van der Waals surface area contributed by atoms with Gasteiger partial charge in [-0.1, -0.05) is 12.1 Å². The average molecular weight is 329 g/mol. The molecular weight excluding hydrogens is 314 g/mol. The maximum Gasteiger partial charge on any atom is 0.260 e. The Kier molecular flexibility index (Phi) is 4.12. The Hall–Kier alpha value is -2.67. The number of nitrogens with one attached hydrogen (secondary N) is 2. The van der Waals surface area contributed by atoms with Crippen molar-refractivity contribution in [3.63, 3.8) is 0 Å². The Labute approximate surface area is 136 Å². The molecule has 0 aliphatic rings. The molecule has 3 aromatic rings. The molecule has 3 rings (SSSR count). The van der Waals surface area contributed by atoms with Gasteiger partial charge in [-0.3, -0.25) is 9.59 Å². The van der Waals surface area contributed by atoms with Gasteiger partial charge in [0.05, 0.1) is 18.9 Å². The van der Waals surface area contributed by atoms with Crippen LogP contribution in [0.2, 0.25) is 0 Å². The molecule has 2 N–H and O–H groups in total. The van der Waals surface area contributed by atoms with Crippen LogP contribution in [0.4, 0.5) is 0 Å². The topological polar surface area (TPSA) is 84.1 Å². The van der Waals surface area contributed by atoms with E-state index in [4.69, 9.17) is 4.74 Å². The number of H-pyrrole nitrogens is 1. The van der Waals surface area contributed by atoms with Crippen LogP contribution in [-0.2, 0) is 11.2 Å². The van der Waals surface area contributed by atoms with Gasteiger partial charge in [-0.05, 0) is 17.7 Å². The number of thiophene rings is 1. The number of rotatable bonds is 4. The monoisotopic (exact) mass is 329 g/mol. The van der Waals surface area contributed by atoms with Gasteiger partial charge in [0.15, 0.2) is 0 Å². The SMILES string of the molecule is CNC(=O)Cc1nc2scc(-c3ccc(OC)cc3)c2c(=O)[nH]1. The molecule has 23 heavy (non-hydrogen) atoms. The number of amides is 1. The molecule has 0 saturated heterocycles. The summed E-state index contributed by atoms with van der Waals surface area (Å²) in [4.78, 5) is 31.5. The van der Waals surface area contributed by atoms with E-state index in [0.717, 1.165) is 16.9 Å². The van der Waals surface area contributed by atoms with Crippen molar-refractivity contribution in [2.75, 3.05) is 14.2 Å². The van der Waals surface area contributed by atoms with Crippen LogP contribution < -0.4 is 15.6 Å². The van der Waals surface area contributed by atoms with Gasteiger partial charge in [0.2, 0.25) is 5.91 Å². The van der Waals surface area contributed by atoms with E-state index in [1.165, 1.54) is 11.3 Å². The molecule has 1 amide bonds. The van der Waals surface area contributed by atoms with Crippen molar-refractivity contribution < 1.29 is 9.53 Å². The lowest BCUT2D eigenvalue weighted by Gasteiger charge is -2.03. The van der Waals surface area contributed by atoms with Gasteiger partial charge >= 0.3 is 0 Å². The quantitative estimate of drug-likeness (QED) is 0.766. The number of carbonyl (C=O) groups is 1. The molecule has 2 heterocycles. The minimum Gasteiger partial charge on any atom is -0.497 e. The van der Waals surface area contributed by atoms with Crippen LogP contribution in [0.25, 0.3) is 21.3 Å². The first kappa shape index (κ1) is 15.2.